The zero-order chi connectivity index (χ0) is 16.1. The van der Waals surface area contributed by atoms with Crippen LogP contribution in [-0.4, -0.2) is 12.5 Å². The molecule has 118 valence electrons. The number of carbonyl (C=O) groups is 1. The summed E-state index contributed by atoms with van der Waals surface area (Å²) in [4.78, 5) is 13.1. The van der Waals surface area contributed by atoms with Gasteiger partial charge < -0.3 is 10.6 Å². The third-order valence-corrected chi connectivity index (χ3v) is 5.00. The van der Waals surface area contributed by atoms with Gasteiger partial charge in [-0.2, -0.15) is 0 Å². The van der Waals surface area contributed by atoms with Crippen LogP contribution in [0.15, 0.2) is 29.6 Å². The number of nitrogens with one attached hydrogen (secondary N) is 2. The van der Waals surface area contributed by atoms with Crippen molar-refractivity contribution in [1.29, 1.82) is 0 Å². The lowest BCUT2D eigenvalue weighted by Gasteiger charge is -2.15. The topological polar surface area (TPSA) is 41.1 Å². The second-order valence-corrected chi connectivity index (χ2v) is 6.92. The van der Waals surface area contributed by atoms with Crippen molar-refractivity contribution in [1.82, 2.24) is 10.6 Å². The smallest absolute Gasteiger partial charge is 0.234 e. The zero-order valence-corrected chi connectivity index (χ0v) is 14.8. The van der Waals surface area contributed by atoms with Gasteiger partial charge in [-0.05, 0) is 48.6 Å². The van der Waals surface area contributed by atoms with Crippen LogP contribution in [0.3, 0.4) is 0 Å². The quantitative estimate of drug-likeness (QED) is 0.808. The van der Waals surface area contributed by atoms with Gasteiger partial charge in [0, 0.05) is 21.0 Å². The molecule has 1 heterocycles. The van der Waals surface area contributed by atoms with Gasteiger partial charge in [0.25, 0.3) is 0 Å². The Labute approximate surface area is 144 Å². The van der Waals surface area contributed by atoms with Gasteiger partial charge in [0.2, 0.25) is 5.91 Å². The lowest BCUT2D eigenvalue weighted by molar-refractivity contribution is -0.120. The Kier molecular flexibility index (Phi) is 6.26. The maximum atomic E-state index is 11.9. The molecule has 0 unspecified atom stereocenters. The molecule has 0 fully saturated rings. The van der Waals surface area contributed by atoms with Crippen LogP contribution in [0.1, 0.15) is 29.0 Å². The standard InChI is InChI=1S/C16H18Cl2N2OS/c1-10-5-6-22-15(10)8-20-16(21)9-19-11(2)13-4-3-12(17)7-14(13)18/h3-7,11,19H,8-9H2,1-2H3,(H,20,21)/t11-/m1/s1. The van der Waals surface area contributed by atoms with E-state index in [1.54, 1.807) is 23.5 Å². The van der Waals surface area contributed by atoms with E-state index in [0.717, 1.165) is 5.56 Å². The van der Waals surface area contributed by atoms with Crippen LogP contribution in [-0.2, 0) is 11.3 Å². The van der Waals surface area contributed by atoms with Crippen molar-refractivity contribution in [2.45, 2.75) is 26.4 Å². The first-order valence-corrected chi connectivity index (χ1v) is 8.59. The Hall–Kier alpha value is -1.07. The van der Waals surface area contributed by atoms with Crippen molar-refractivity contribution < 1.29 is 4.79 Å². The maximum Gasteiger partial charge on any atom is 0.234 e. The van der Waals surface area contributed by atoms with E-state index in [9.17, 15) is 4.79 Å². The summed E-state index contributed by atoms with van der Waals surface area (Å²) < 4.78 is 0. The first kappa shape index (κ1) is 17.3. The molecule has 3 nitrogen and oxygen atoms in total. The van der Waals surface area contributed by atoms with E-state index in [0.29, 0.717) is 16.6 Å². The summed E-state index contributed by atoms with van der Waals surface area (Å²) in [5.41, 5.74) is 2.13. The van der Waals surface area contributed by atoms with Gasteiger partial charge >= 0.3 is 0 Å². The first-order chi connectivity index (χ1) is 10.5. The van der Waals surface area contributed by atoms with Crippen molar-refractivity contribution in [3.63, 3.8) is 0 Å². The Bertz CT molecular complexity index is 657. The zero-order valence-electron chi connectivity index (χ0n) is 12.5. The lowest BCUT2D eigenvalue weighted by Crippen LogP contribution is -2.34. The Morgan fingerprint density at radius 2 is 2.09 bits per heavy atom. The fraction of sp³-hybridized carbons (Fsp3) is 0.312. The molecule has 2 rings (SSSR count). The van der Waals surface area contributed by atoms with E-state index < -0.39 is 0 Å². The minimum atomic E-state index is -0.0373. The fourth-order valence-corrected chi connectivity index (χ4v) is 3.45. The van der Waals surface area contributed by atoms with Gasteiger partial charge in [-0.1, -0.05) is 29.3 Å². The number of benzene rings is 1. The highest BCUT2D eigenvalue weighted by molar-refractivity contribution is 7.10. The lowest BCUT2D eigenvalue weighted by atomic mass is 10.1. The normalized spacial score (nSPS) is 12.2. The minimum Gasteiger partial charge on any atom is -0.350 e. The number of aryl methyl sites for hydroxylation is 1. The van der Waals surface area contributed by atoms with Crippen LogP contribution in [0.4, 0.5) is 0 Å². The average Bonchev–Trinajstić information content (AvgIpc) is 2.88. The van der Waals surface area contributed by atoms with Crippen molar-refractivity contribution in [3.8, 4) is 0 Å². The Morgan fingerprint density at radius 3 is 2.73 bits per heavy atom. The molecule has 2 N–H and O–H groups in total. The summed E-state index contributed by atoms with van der Waals surface area (Å²) in [6, 6.07) is 7.39. The Morgan fingerprint density at radius 1 is 1.32 bits per heavy atom. The summed E-state index contributed by atoms with van der Waals surface area (Å²) in [6.45, 7) is 4.82. The monoisotopic (exact) mass is 356 g/mol. The van der Waals surface area contributed by atoms with Crippen LogP contribution in [0.5, 0.6) is 0 Å². The highest BCUT2D eigenvalue weighted by Crippen LogP contribution is 2.25. The van der Waals surface area contributed by atoms with E-state index in [4.69, 9.17) is 23.2 Å². The molecular formula is C16H18Cl2N2OS. The highest BCUT2D eigenvalue weighted by Gasteiger charge is 2.11. The molecule has 6 heteroatoms. The molecule has 2 aromatic rings. The van der Waals surface area contributed by atoms with Crippen LogP contribution in [0, 0.1) is 6.92 Å². The molecule has 0 aliphatic rings. The summed E-state index contributed by atoms with van der Waals surface area (Å²) in [5.74, 6) is -0.0373. The maximum absolute atomic E-state index is 11.9. The molecule has 0 aliphatic carbocycles. The van der Waals surface area contributed by atoms with Crippen LogP contribution >= 0.6 is 34.5 Å². The Balaban J connectivity index is 1.81. The second kappa shape index (κ2) is 7.97. The van der Waals surface area contributed by atoms with Crippen LogP contribution in [0.25, 0.3) is 0 Å². The summed E-state index contributed by atoms with van der Waals surface area (Å²) >= 11 is 13.7. The number of amides is 1. The van der Waals surface area contributed by atoms with Crippen molar-refractivity contribution in [2.24, 2.45) is 0 Å². The number of halogens is 2. The van der Waals surface area contributed by atoms with Crippen molar-refractivity contribution in [2.75, 3.05) is 6.54 Å². The molecule has 0 saturated heterocycles. The van der Waals surface area contributed by atoms with E-state index in [2.05, 4.69) is 16.7 Å². The predicted octanol–water partition coefficient (Wildman–Crippen LogP) is 4.33. The number of hydrogen-bond donors (Lipinski definition) is 2. The number of rotatable bonds is 6. The van der Waals surface area contributed by atoms with E-state index in [1.807, 2.05) is 25.3 Å². The van der Waals surface area contributed by atoms with Gasteiger partial charge in [-0.25, -0.2) is 0 Å². The summed E-state index contributed by atoms with van der Waals surface area (Å²) in [7, 11) is 0. The van der Waals surface area contributed by atoms with E-state index in [-0.39, 0.29) is 18.5 Å². The average molecular weight is 357 g/mol. The van der Waals surface area contributed by atoms with Crippen molar-refractivity contribution >= 4 is 40.4 Å². The van der Waals surface area contributed by atoms with Gasteiger partial charge in [0.15, 0.2) is 0 Å². The molecule has 22 heavy (non-hydrogen) atoms. The molecule has 1 amide bonds. The fourth-order valence-electron chi connectivity index (χ4n) is 2.03. The largest absolute Gasteiger partial charge is 0.350 e. The number of carbonyl (C=O) groups excluding carboxylic acids is 1. The predicted molar refractivity (Wildman–Crippen MR) is 93.8 cm³/mol. The molecule has 0 aliphatic heterocycles. The number of hydrogen-bond acceptors (Lipinski definition) is 3. The van der Waals surface area contributed by atoms with E-state index in [1.165, 1.54) is 10.4 Å². The summed E-state index contributed by atoms with van der Waals surface area (Å²) in [6.07, 6.45) is 0. The molecule has 0 spiro atoms. The third kappa shape index (κ3) is 4.71. The summed E-state index contributed by atoms with van der Waals surface area (Å²) in [5, 5.41) is 9.31. The SMILES string of the molecule is Cc1ccsc1CNC(=O)CN[C@H](C)c1ccc(Cl)cc1Cl. The third-order valence-electron chi connectivity index (χ3n) is 3.41. The van der Waals surface area contributed by atoms with Crippen LogP contribution in [0.2, 0.25) is 10.0 Å². The molecule has 0 bridgehead atoms. The minimum absolute atomic E-state index is 0.0287. The second-order valence-electron chi connectivity index (χ2n) is 5.07. The molecule has 1 atom stereocenters. The van der Waals surface area contributed by atoms with Gasteiger partial charge in [0.05, 0.1) is 13.1 Å². The molecule has 1 aromatic carbocycles. The molecule has 0 saturated carbocycles. The molecule has 0 radical (unpaired) electrons. The van der Waals surface area contributed by atoms with Gasteiger partial charge in [-0.15, -0.1) is 11.3 Å². The molecular weight excluding hydrogens is 339 g/mol. The van der Waals surface area contributed by atoms with Gasteiger partial charge in [0.1, 0.15) is 0 Å². The van der Waals surface area contributed by atoms with Crippen molar-refractivity contribution in [3.05, 3.63) is 55.7 Å². The van der Waals surface area contributed by atoms with E-state index >= 15 is 0 Å². The first-order valence-electron chi connectivity index (χ1n) is 6.95. The molecule has 1 aromatic heterocycles. The number of thiophene rings is 1. The highest BCUT2D eigenvalue weighted by atomic mass is 35.5. The van der Waals surface area contributed by atoms with Gasteiger partial charge in [-0.3, -0.25) is 4.79 Å². The van der Waals surface area contributed by atoms with Crippen LogP contribution < -0.4 is 10.6 Å².